The monoisotopic (exact) mass is 421 g/mol. The van der Waals surface area contributed by atoms with Crippen LogP contribution in [0.4, 0.5) is 5.82 Å². The zero-order valence-corrected chi connectivity index (χ0v) is 17.4. The van der Waals surface area contributed by atoms with E-state index in [2.05, 4.69) is 36.1 Å². The highest BCUT2D eigenvalue weighted by atomic mass is 35.5. The van der Waals surface area contributed by atoms with Gasteiger partial charge in [-0.15, -0.1) is 5.10 Å². The van der Waals surface area contributed by atoms with Crippen LogP contribution in [-0.4, -0.2) is 54.2 Å². The minimum absolute atomic E-state index is 0.262. The molecular weight excluding hydrogens is 401 g/mol. The summed E-state index contributed by atoms with van der Waals surface area (Å²) in [6.45, 7) is 7.69. The van der Waals surface area contributed by atoms with Gasteiger partial charge in [-0.05, 0) is 18.6 Å². The van der Waals surface area contributed by atoms with Gasteiger partial charge in [-0.2, -0.15) is 0 Å². The van der Waals surface area contributed by atoms with Crippen molar-refractivity contribution in [3.8, 4) is 0 Å². The zero-order valence-electron chi connectivity index (χ0n) is 15.9. The third kappa shape index (κ3) is 3.64. The van der Waals surface area contributed by atoms with Crippen molar-refractivity contribution in [3.05, 3.63) is 33.8 Å². The van der Waals surface area contributed by atoms with E-state index in [1.165, 1.54) is 0 Å². The molecule has 0 saturated carbocycles. The van der Waals surface area contributed by atoms with E-state index in [0.29, 0.717) is 64.7 Å². The SMILES string of the molecule is CC(C)(C)c1nc(N2CC[C@H](O)C2)c2nnn(Cc3nc(Cl)ccc3Cl)c2n1. The third-order valence-corrected chi connectivity index (χ3v) is 5.22. The Morgan fingerprint density at radius 2 is 1.96 bits per heavy atom. The molecule has 0 bridgehead atoms. The molecule has 3 aromatic rings. The standard InChI is InChI=1S/C18H21Cl2N7O/c1-18(2,3)17-22-15(26-7-6-10(28)8-26)14-16(23-17)27(25-24-14)9-12-11(19)4-5-13(20)21-12/h4-5,10,28H,6-9H2,1-3H3/t10-/m0/s1. The molecule has 10 heteroatoms. The van der Waals surface area contributed by atoms with E-state index >= 15 is 0 Å². The summed E-state index contributed by atoms with van der Waals surface area (Å²) >= 11 is 12.3. The van der Waals surface area contributed by atoms with E-state index in [-0.39, 0.29) is 11.5 Å². The number of fused-ring (bicyclic) bond motifs is 1. The first-order chi connectivity index (χ1) is 13.2. The Kier molecular flexibility index (Phi) is 4.89. The average Bonchev–Trinajstić information content (AvgIpc) is 3.23. The lowest BCUT2D eigenvalue weighted by molar-refractivity contribution is 0.198. The molecule has 0 aliphatic carbocycles. The van der Waals surface area contributed by atoms with Crippen molar-refractivity contribution >= 4 is 40.2 Å². The summed E-state index contributed by atoms with van der Waals surface area (Å²) in [6.07, 6.45) is 0.333. The van der Waals surface area contributed by atoms with E-state index in [0.717, 1.165) is 0 Å². The number of β-amino-alcohol motifs (C(OH)–C–C–N with tert-alkyl or cyclic N) is 1. The topological polar surface area (TPSA) is 92.8 Å². The van der Waals surface area contributed by atoms with Crippen molar-refractivity contribution in [2.45, 2.75) is 45.3 Å². The number of nitrogens with zero attached hydrogens (tertiary/aromatic N) is 7. The van der Waals surface area contributed by atoms with Gasteiger partial charge in [0.05, 0.1) is 23.4 Å². The summed E-state index contributed by atoms with van der Waals surface area (Å²) in [4.78, 5) is 15.8. The predicted octanol–water partition coefficient (Wildman–Crippen LogP) is 2.84. The van der Waals surface area contributed by atoms with Gasteiger partial charge in [0, 0.05) is 18.5 Å². The van der Waals surface area contributed by atoms with Gasteiger partial charge in [-0.25, -0.2) is 19.6 Å². The molecule has 1 atom stereocenters. The van der Waals surface area contributed by atoms with Gasteiger partial charge >= 0.3 is 0 Å². The Balaban J connectivity index is 1.84. The summed E-state index contributed by atoms with van der Waals surface area (Å²) < 4.78 is 1.66. The molecule has 0 unspecified atom stereocenters. The fourth-order valence-corrected chi connectivity index (χ4v) is 3.48. The van der Waals surface area contributed by atoms with Gasteiger partial charge < -0.3 is 10.0 Å². The van der Waals surface area contributed by atoms with Gasteiger partial charge in [0.25, 0.3) is 0 Å². The summed E-state index contributed by atoms with van der Waals surface area (Å²) in [5.74, 6) is 1.38. The molecule has 0 radical (unpaired) electrons. The minimum Gasteiger partial charge on any atom is -0.391 e. The molecule has 1 aliphatic heterocycles. The smallest absolute Gasteiger partial charge is 0.184 e. The number of aliphatic hydroxyl groups excluding tert-OH is 1. The maximum atomic E-state index is 9.96. The molecule has 1 N–H and O–H groups in total. The zero-order chi connectivity index (χ0) is 20.1. The van der Waals surface area contributed by atoms with E-state index in [1.807, 2.05) is 4.90 Å². The first kappa shape index (κ1) is 19.3. The first-order valence-corrected chi connectivity index (χ1v) is 9.83. The van der Waals surface area contributed by atoms with Crippen LogP contribution in [0.25, 0.3) is 11.2 Å². The first-order valence-electron chi connectivity index (χ1n) is 9.08. The van der Waals surface area contributed by atoms with Crippen LogP contribution in [0.5, 0.6) is 0 Å². The maximum absolute atomic E-state index is 9.96. The van der Waals surface area contributed by atoms with Gasteiger partial charge in [0.2, 0.25) is 0 Å². The van der Waals surface area contributed by atoms with Crippen LogP contribution in [0.15, 0.2) is 12.1 Å². The van der Waals surface area contributed by atoms with Crippen molar-refractivity contribution in [3.63, 3.8) is 0 Å². The molecule has 28 heavy (non-hydrogen) atoms. The molecule has 3 aromatic heterocycles. The summed E-state index contributed by atoms with van der Waals surface area (Å²) in [5, 5.41) is 19.4. The normalized spacial score (nSPS) is 17.6. The Morgan fingerprint density at radius 1 is 1.18 bits per heavy atom. The van der Waals surface area contributed by atoms with E-state index in [1.54, 1.807) is 16.8 Å². The number of aromatic nitrogens is 6. The molecule has 1 saturated heterocycles. The molecule has 0 aromatic carbocycles. The number of hydrogen-bond donors (Lipinski definition) is 1. The van der Waals surface area contributed by atoms with Gasteiger partial charge in [0.1, 0.15) is 11.0 Å². The second kappa shape index (κ2) is 7.09. The molecule has 1 fully saturated rings. The lowest BCUT2D eigenvalue weighted by Gasteiger charge is -2.21. The van der Waals surface area contributed by atoms with Crippen molar-refractivity contribution < 1.29 is 5.11 Å². The summed E-state index contributed by atoms with van der Waals surface area (Å²) in [5.41, 5.74) is 1.53. The second-order valence-electron chi connectivity index (χ2n) is 7.99. The van der Waals surface area contributed by atoms with Crippen molar-refractivity contribution in [1.82, 2.24) is 29.9 Å². The second-order valence-corrected chi connectivity index (χ2v) is 8.79. The lowest BCUT2D eigenvalue weighted by Crippen LogP contribution is -2.25. The average molecular weight is 422 g/mol. The van der Waals surface area contributed by atoms with E-state index < -0.39 is 0 Å². The van der Waals surface area contributed by atoms with Crippen LogP contribution in [0, 0.1) is 0 Å². The van der Waals surface area contributed by atoms with Crippen LogP contribution < -0.4 is 4.90 Å². The largest absolute Gasteiger partial charge is 0.391 e. The number of rotatable bonds is 3. The van der Waals surface area contributed by atoms with Gasteiger partial charge in [-0.3, -0.25) is 0 Å². The van der Waals surface area contributed by atoms with Gasteiger partial charge in [0.15, 0.2) is 17.0 Å². The Hall–Kier alpha value is -2.03. The molecule has 0 spiro atoms. The van der Waals surface area contributed by atoms with Crippen LogP contribution in [0.3, 0.4) is 0 Å². The minimum atomic E-state index is -0.368. The molecular formula is C18H21Cl2N7O. The van der Waals surface area contributed by atoms with Crippen LogP contribution in [-0.2, 0) is 12.0 Å². The van der Waals surface area contributed by atoms with Crippen LogP contribution in [0.2, 0.25) is 10.2 Å². The molecule has 0 amide bonds. The lowest BCUT2D eigenvalue weighted by atomic mass is 9.96. The fraction of sp³-hybridized carbons (Fsp3) is 0.500. The molecule has 148 valence electrons. The highest BCUT2D eigenvalue weighted by molar-refractivity contribution is 6.32. The van der Waals surface area contributed by atoms with Crippen LogP contribution >= 0.6 is 23.2 Å². The predicted molar refractivity (Wildman–Crippen MR) is 108 cm³/mol. The number of pyridine rings is 1. The molecule has 4 heterocycles. The number of aliphatic hydroxyl groups is 1. The van der Waals surface area contributed by atoms with Gasteiger partial charge in [-0.1, -0.05) is 49.2 Å². The molecule has 4 rings (SSSR count). The Labute approximate surface area is 172 Å². The maximum Gasteiger partial charge on any atom is 0.184 e. The summed E-state index contributed by atoms with van der Waals surface area (Å²) in [6, 6.07) is 3.35. The number of halogens is 2. The number of anilines is 1. The Bertz CT molecular complexity index is 1030. The number of hydrogen-bond acceptors (Lipinski definition) is 7. The van der Waals surface area contributed by atoms with Crippen molar-refractivity contribution in [2.75, 3.05) is 18.0 Å². The third-order valence-electron chi connectivity index (χ3n) is 4.66. The molecule has 8 nitrogen and oxygen atoms in total. The quantitative estimate of drug-likeness (QED) is 0.649. The summed E-state index contributed by atoms with van der Waals surface area (Å²) in [7, 11) is 0. The highest BCUT2D eigenvalue weighted by Gasteiger charge is 2.29. The Morgan fingerprint density at radius 3 is 2.64 bits per heavy atom. The molecule has 1 aliphatic rings. The van der Waals surface area contributed by atoms with E-state index in [4.69, 9.17) is 33.2 Å². The van der Waals surface area contributed by atoms with Crippen molar-refractivity contribution in [1.29, 1.82) is 0 Å². The van der Waals surface area contributed by atoms with Crippen molar-refractivity contribution in [2.24, 2.45) is 0 Å². The fourth-order valence-electron chi connectivity index (χ4n) is 3.15. The van der Waals surface area contributed by atoms with E-state index in [9.17, 15) is 5.11 Å². The van der Waals surface area contributed by atoms with Crippen LogP contribution in [0.1, 0.15) is 38.7 Å². The highest BCUT2D eigenvalue weighted by Crippen LogP contribution is 2.29.